The molecule has 0 aromatic carbocycles. The molecule has 100 valence electrons. The third kappa shape index (κ3) is 2.86. The molecule has 0 N–H and O–H groups in total. The largest absolute Gasteiger partial charge is 0.345 e. The summed E-state index contributed by atoms with van der Waals surface area (Å²) in [6, 6.07) is 0. The van der Waals surface area contributed by atoms with Crippen molar-refractivity contribution in [3.8, 4) is 0 Å². The molecule has 0 radical (unpaired) electrons. The van der Waals surface area contributed by atoms with Crippen LogP contribution in [-0.4, -0.2) is 29.7 Å². The number of nitrogens with zero attached hydrogens (tertiary/aromatic N) is 1. The van der Waals surface area contributed by atoms with E-state index in [-0.39, 0.29) is 16.7 Å². The van der Waals surface area contributed by atoms with Gasteiger partial charge in [-0.2, -0.15) is 0 Å². The van der Waals surface area contributed by atoms with Gasteiger partial charge in [-0.05, 0) is 23.7 Å². The Morgan fingerprint density at radius 3 is 2.06 bits per heavy atom. The van der Waals surface area contributed by atoms with Gasteiger partial charge in [-0.15, -0.1) is 0 Å². The molecule has 17 heavy (non-hydrogen) atoms. The van der Waals surface area contributed by atoms with Crippen LogP contribution in [0.25, 0.3) is 0 Å². The summed E-state index contributed by atoms with van der Waals surface area (Å²) in [6.07, 6.45) is 3.50. The molecule has 0 saturated heterocycles. The quantitative estimate of drug-likeness (QED) is 0.541. The lowest BCUT2D eigenvalue weighted by Gasteiger charge is -2.18. The summed E-state index contributed by atoms with van der Waals surface area (Å²) in [5.74, 6) is 0.537. The second-order valence-corrected chi connectivity index (χ2v) is 7.18. The van der Waals surface area contributed by atoms with Gasteiger partial charge < -0.3 is 4.90 Å². The summed E-state index contributed by atoms with van der Waals surface area (Å²) < 4.78 is 0. The van der Waals surface area contributed by atoms with E-state index < -0.39 is 0 Å². The molecule has 1 saturated carbocycles. The number of hydrogen-bond donors (Lipinski definition) is 0. The fraction of sp³-hybridized carbons (Fsp3) is 0.929. The summed E-state index contributed by atoms with van der Waals surface area (Å²) in [5, 5.41) is 1.06. The smallest absolute Gasteiger partial charge is 0.226 e. The molecule has 1 rings (SSSR count). The Labute approximate surface area is 114 Å². The predicted octanol–water partition coefficient (Wildman–Crippen LogP) is 3.69. The molecule has 0 bridgehead atoms. The molecule has 1 aliphatic rings. The third-order valence-electron chi connectivity index (χ3n) is 4.77. The van der Waals surface area contributed by atoms with Crippen LogP contribution in [-0.2, 0) is 4.79 Å². The first kappa shape index (κ1) is 15.0. The van der Waals surface area contributed by atoms with Gasteiger partial charge in [0.1, 0.15) is 0 Å². The Bertz CT molecular complexity index is 272. The number of alkyl halides is 1. The van der Waals surface area contributed by atoms with E-state index in [0.29, 0.717) is 5.91 Å². The van der Waals surface area contributed by atoms with E-state index in [9.17, 15) is 4.79 Å². The van der Waals surface area contributed by atoms with Crippen LogP contribution in [0.3, 0.4) is 0 Å². The maximum atomic E-state index is 12.3. The van der Waals surface area contributed by atoms with Crippen LogP contribution in [0.15, 0.2) is 0 Å². The van der Waals surface area contributed by atoms with Gasteiger partial charge in [0.15, 0.2) is 0 Å². The molecule has 0 spiro atoms. The normalized spacial score (nSPS) is 21.3. The van der Waals surface area contributed by atoms with Crippen molar-refractivity contribution < 1.29 is 4.79 Å². The maximum absolute atomic E-state index is 12.3. The fourth-order valence-corrected chi connectivity index (χ4v) is 3.16. The molecule has 0 aromatic rings. The Hall–Kier alpha value is -0.0500. The Morgan fingerprint density at radius 2 is 1.65 bits per heavy atom. The second kappa shape index (κ2) is 5.29. The van der Waals surface area contributed by atoms with Crippen LogP contribution >= 0.6 is 15.9 Å². The van der Waals surface area contributed by atoms with E-state index in [1.165, 1.54) is 12.8 Å². The number of carbonyl (C=O) groups is 1. The predicted molar refractivity (Wildman–Crippen MR) is 76.3 cm³/mol. The van der Waals surface area contributed by atoms with Gasteiger partial charge in [0, 0.05) is 24.8 Å². The van der Waals surface area contributed by atoms with E-state index in [2.05, 4.69) is 43.6 Å². The zero-order valence-electron chi connectivity index (χ0n) is 11.8. The number of hydrogen-bond acceptors (Lipinski definition) is 1. The van der Waals surface area contributed by atoms with Crippen molar-refractivity contribution in [3.63, 3.8) is 0 Å². The molecular weight excluding hydrogens is 278 g/mol. The first-order valence-electron chi connectivity index (χ1n) is 6.57. The van der Waals surface area contributed by atoms with Crippen molar-refractivity contribution in [1.82, 2.24) is 4.90 Å². The van der Waals surface area contributed by atoms with E-state index in [1.54, 1.807) is 0 Å². The van der Waals surface area contributed by atoms with E-state index in [4.69, 9.17) is 0 Å². The fourth-order valence-electron chi connectivity index (χ4n) is 2.76. The van der Waals surface area contributed by atoms with E-state index in [1.807, 2.05) is 11.9 Å². The zero-order valence-corrected chi connectivity index (χ0v) is 13.4. The molecule has 0 aromatic heterocycles. The molecule has 0 atom stereocenters. The first-order valence-corrected chi connectivity index (χ1v) is 7.70. The lowest BCUT2D eigenvalue weighted by Crippen LogP contribution is -2.31. The minimum absolute atomic E-state index is 0.161. The highest BCUT2D eigenvalue weighted by Crippen LogP contribution is 2.68. The van der Waals surface area contributed by atoms with Crippen LogP contribution in [0.1, 0.15) is 47.0 Å². The zero-order chi connectivity index (χ0) is 13.3. The van der Waals surface area contributed by atoms with Gasteiger partial charge in [0.25, 0.3) is 0 Å². The summed E-state index contributed by atoms with van der Waals surface area (Å²) in [4.78, 5) is 14.2. The van der Waals surface area contributed by atoms with Gasteiger partial charge in [-0.3, -0.25) is 4.79 Å². The Balaban J connectivity index is 2.39. The van der Waals surface area contributed by atoms with Crippen molar-refractivity contribution in [3.05, 3.63) is 0 Å². The van der Waals surface area contributed by atoms with Crippen molar-refractivity contribution in [2.75, 3.05) is 18.9 Å². The van der Waals surface area contributed by atoms with Crippen molar-refractivity contribution in [2.24, 2.45) is 16.7 Å². The number of unbranched alkanes of at least 4 members (excludes halogenated alkanes) is 2. The number of halogens is 1. The Kier molecular flexibility index (Phi) is 4.67. The molecule has 2 nitrogen and oxygen atoms in total. The number of rotatable bonds is 6. The minimum Gasteiger partial charge on any atom is -0.345 e. The van der Waals surface area contributed by atoms with Gasteiger partial charge in [-0.25, -0.2) is 0 Å². The number of carbonyl (C=O) groups excluding carboxylic acids is 1. The van der Waals surface area contributed by atoms with Gasteiger partial charge in [-0.1, -0.05) is 50.0 Å². The molecule has 0 aliphatic heterocycles. The van der Waals surface area contributed by atoms with Crippen LogP contribution < -0.4 is 0 Å². The summed E-state index contributed by atoms with van der Waals surface area (Å²) in [7, 11) is 1.95. The van der Waals surface area contributed by atoms with Crippen molar-refractivity contribution >= 4 is 21.8 Å². The highest BCUT2D eigenvalue weighted by molar-refractivity contribution is 9.09. The highest BCUT2D eigenvalue weighted by atomic mass is 79.9. The second-order valence-electron chi connectivity index (χ2n) is 6.39. The van der Waals surface area contributed by atoms with Crippen molar-refractivity contribution in [2.45, 2.75) is 47.0 Å². The van der Waals surface area contributed by atoms with E-state index in [0.717, 1.165) is 18.3 Å². The summed E-state index contributed by atoms with van der Waals surface area (Å²) in [5.41, 5.74) is 0.322. The standard InChI is InChI=1S/C14H26BrNO/c1-13(2)11(14(13,3)4)12(17)16(5)10-8-6-7-9-15/h11H,6-10H2,1-5H3. The molecule has 1 aliphatic carbocycles. The van der Waals surface area contributed by atoms with E-state index >= 15 is 0 Å². The van der Waals surface area contributed by atoms with Crippen LogP contribution in [0.5, 0.6) is 0 Å². The third-order valence-corrected chi connectivity index (χ3v) is 5.33. The Morgan fingerprint density at radius 1 is 1.12 bits per heavy atom. The average molecular weight is 304 g/mol. The minimum atomic E-state index is 0.161. The summed E-state index contributed by atoms with van der Waals surface area (Å²) in [6.45, 7) is 9.71. The SMILES string of the molecule is CN(CCCCCBr)C(=O)C1C(C)(C)C1(C)C. The van der Waals surface area contributed by atoms with Gasteiger partial charge in [0.05, 0.1) is 0 Å². The molecule has 0 heterocycles. The van der Waals surface area contributed by atoms with Gasteiger partial charge in [0.2, 0.25) is 5.91 Å². The topological polar surface area (TPSA) is 20.3 Å². The lowest BCUT2D eigenvalue weighted by atomic mass is 10.0. The molecule has 1 amide bonds. The maximum Gasteiger partial charge on any atom is 0.226 e. The van der Waals surface area contributed by atoms with Crippen molar-refractivity contribution in [1.29, 1.82) is 0 Å². The molecule has 3 heteroatoms. The van der Waals surface area contributed by atoms with Gasteiger partial charge >= 0.3 is 0 Å². The first-order chi connectivity index (χ1) is 7.76. The van der Waals surface area contributed by atoms with Crippen LogP contribution in [0.2, 0.25) is 0 Å². The highest BCUT2D eigenvalue weighted by Gasteiger charge is 2.68. The molecule has 1 fully saturated rings. The average Bonchev–Trinajstić information content (AvgIpc) is 2.63. The summed E-state index contributed by atoms with van der Waals surface area (Å²) >= 11 is 3.43. The molecule has 0 unspecified atom stereocenters. The molecular formula is C14H26BrNO. The van der Waals surface area contributed by atoms with Crippen LogP contribution in [0.4, 0.5) is 0 Å². The lowest BCUT2D eigenvalue weighted by molar-refractivity contribution is -0.132. The monoisotopic (exact) mass is 303 g/mol. The number of amides is 1. The van der Waals surface area contributed by atoms with Crippen LogP contribution in [0, 0.1) is 16.7 Å².